The van der Waals surface area contributed by atoms with Gasteiger partial charge in [0.15, 0.2) is 7.38 Å². The minimum Gasteiger partial charge on any atom is -0.341 e. The number of hydrogen-bond acceptors (Lipinski definition) is 1. The third-order valence-corrected chi connectivity index (χ3v) is 3.55. The van der Waals surface area contributed by atoms with Crippen LogP contribution in [0.1, 0.15) is 6.42 Å². The zero-order valence-electron chi connectivity index (χ0n) is 8.00. The first kappa shape index (κ1) is 14.2. The summed E-state index contributed by atoms with van der Waals surface area (Å²) in [7, 11) is -1.79. The van der Waals surface area contributed by atoms with E-state index < -0.39 is 19.9 Å². The van der Waals surface area contributed by atoms with Crippen molar-refractivity contribution in [2.45, 2.75) is 38.1 Å². The van der Waals surface area contributed by atoms with Crippen molar-refractivity contribution in [3.8, 4) is 0 Å². The van der Waals surface area contributed by atoms with Crippen LogP contribution in [-0.4, -0.2) is 26.5 Å². The number of halogens is 5. The molecule has 0 radical (unpaired) electrons. The average molecular weight is 253 g/mol. The zero-order valence-corrected chi connectivity index (χ0v) is 9.75. The normalized spacial score (nSPS) is 15.6. The first-order chi connectivity index (χ1) is 6.13. The third kappa shape index (κ3) is 7.58. The molecule has 1 nitrogen and oxygen atoms in total. The molecule has 86 valence electrons. The molecule has 0 heterocycles. The Morgan fingerprint density at radius 1 is 1.36 bits per heavy atom. The van der Waals surface area contributed by atoms with Crippen molar-refractivity contribution in [2.75, 3.05) is 6.61 Å². The summed E-state index contributed by atoms with van der Waals surface area (Å²) in [6.45, 7) is 3.49. The Balaban J connectivity index is 3.56. The topological polar surface area (TPSA) is 9.23 Å². The molecule has 0 aliphatic rings. The van der Waals surface area contributed by atoms with Crippen molar-refractivity contribution in [1.29, 1.82) is 0 Å². The van der Waals surface area contributed by atoms with E-state index in [2.05, 4.69) is 4.74 Å². The van der Waals surface area contributed by atoms with Crippen LogP contribution in [0.2, 0.25) is 19.1 Å². The van der Waals surface area contributed by atoms with Crippen LogP contribution in [0.15, 0.2) is 0 Å². The number of hydrogen-bond donors (Lipinski definition) is 0. The van der Waals surface area contributed by atoms with Crippen molar-refractivity contribution < 1.29 is 22.3 Å². The molecular formula is C7H13ClF4OSi. The Kier molecular flexibility index (Phi) is 5.39. The molecule has 1 unspecified atom stereocenters. The van der Waals surface area contributed by atoms with Gasteiger partial charge >= 0.3 is 6.18 Å². The molecule has 0 fully saturated rings. The molecule has 0 N–H and O–H groups in total. The highest BCUT2D eigenvalue weighted by molar-refractivity contribution is 7.19. The number of alkyl halides is 4. The van der Waals surface area contributed by atoms with Crippen molar-refractivity contribution in [3.05, 3.63) is 0 Å². The molecule has 0 saturated heterocycles. The van der Waals surface area contributed by atoms with Crippen molar-refractivity contribution in [2.24, 2.45) is 0 Å². The summed E-state index contributed by atoms with van der Waals surface area (Å²) < 4.78 is 50.9. The zero-order chi connectivity index (χ0) is 11.4. The second kappa shape index (κ2) is 5.32. The highest BCUT2D eigenvalue weighted by Gasteiger charge is 2.41. The highest BCUT2D eigenvalue weighted by atomic mass is 35.6. The van der Waals surface area contributed by atoms with E-state index in [0.717, 1.165) is 0 Å². The Morgan fingerprint density at radius 3 is 2.21 bits per heavy atom. The maximum Gasteiger partial charge on any atom is 0.445 e. The van der Waals surface area contributed by atoms with E-state index in [-0.39, 0.29) is 6.61 Å². The van der Waals surface area contributed by atoms with Gasteiger partial charge in [-0.3, -0.25) is 0 Å². The lowest BCUT2D eigenvalue weighted by atomic mass is 10.5. The fraction of sp³-hybridized carbons (Fsp3) is 1.00. The monoisotopic (exact) mass is 252 g/mol. The summed E-state index contributed by atoms with van der Waals surface area (Å²) in [5, 5.41) is 0. The van der Waals surface area contributed by atoms with E-state index in [9.17, 15) is 17.6 Å². The van der Waals surface area contributed by atoms with Gasteiger partial charge in [0, 0.05) is 0 Å². The molecule has 0 aromatic carbocycles. The van der Waals surface area contributed by atoms with Gasteiger partial charge in [-0.1, -0.05) is 13.1 Å². The molecule has 0 spiro atoms. The minimum absolute atomic E-state index is 0.246. The van der Waals surface area contributed by atoms with Crippen molar-refractivity contribution >= 4 is 18.5 Å². The molecule has 0 rings (SSSR count). The van der Waals surface area contributed by atoms with Gasteiger partial charge in [0.25, 0.3) is 6.36 Å². The second-order valence-electron chi connectivity index (χ2n) is 3.55. The van der Waals surface area contributed by atoms with Crippen LogP contribution >= 0.6 is 11.1 Å². The SMILES string of the molecule is C[Si](C)(Cl)CCCOC(F)C(F)(F)F. The van der Waals surface area contributed by atoms with Crippen LogP contribution in [0.5, 0.6) is 0 Å². The van der Waals surface area contributed by atoms with E-state index in [1.807, 2.05) is 13.1 Å². The summed E-state index contributed by atoms with van der Waals surface area (Å²) in [6.07, 6.45) is -7.74. The van der Waals surface area contributed by atoms with Gasteiger partial charge in [0.1, 0.15) is 0 Å². The van der Waals surface area contributed by atoms with E-state index in [1.54, 1.807) is 0 Å². The fourth-order valence-electron chi connectivity index (χ4n) is 0.774. The molecule has 7 heteroatoms. The molecule has 0 bridgehead atoms. The van der Waals surface area contributed by atoms with Gasteiger partial charge in [-0.15, -0.1) is 0 Å². The van der Waals surface area contributed by atoms with E-state index in [1.165, 1.54) is 0 Å². The van der Waals surface area contributed by atoms with Crippen LogP contribution in [0.3, 0.4) is 0 Å². The quantitative estimate of drug-likeness (QED) is 0.314. The van der Waals surface area contributed by atoms with Gasteiger partial charge in [-0.05, 0) is 12.5 Å². The third-order valence-electron chi connectivity index (χ3n) is 1.44. The van der Waals surface area contributed by atoms with E-state index >= 15 is 0 Å². The molecule has 0 aromatic heterocycles. The maximum atomic E-state index is 12.2. The summed E-state index contributed by atoms with van der Waals surface area (Å²) in [5.41, 5.74) is 0. The molecule has 0 saturated carbocycles. The van der Waals surface area contributed by atoms with Crippen molar-refractivity contribution in [3.63, 3.8) is 0 Å². The smallest absolute Gasteiger partial charge is 0.341 e. The van der Waals surface area contributed by atoms with Crippen LogP contribution < -0.4 is 0 Å². The molecule has 0 aliphatic heterocycles. The molecule has 0 amide bonds. The summed E-state index contributed by atoms with van der Waals surface area (Å²) >= 11 is 5.91. The Morgan fingerprint density at radius 2 is 1.86 bits per heavy atom. The van der Waals surface area contributed by atoms with Gasteiger partial charge in [-0.25, -0.2) is 4.39 Å². The molecular weight excluding hydrogens is 240 g/mol. The van der Waals surface area contributed by atoms with Crippen LogP contribution in [0, 0.1) is 0 Å². The lowest BCUT2D eigenvalue weighted by Crippen LogP contribution is -2.28. The Bertz CT molecular complexity index is 168. The standard InChI is InChI=1S/C7H13ClF4OSi/c1-14(2,8)5-3-4-13-6(9)7(10,11)12/h6H,3-5H2,1-2H3. The predicted molar refractivity (Wildman–Crippen MR) is 49.7 cm³/mol. The van der Waals surface area contributed by atoms with E-state index in [0.29, 0.717) is 12.5 Å². The average Bonchev–Trinajstić information content (AvgIpc) is 1.93. The predicted octanol–water partition coefficient (Wildman–Crippen LogP) is 3.69. The number of ether oxygens (including phenoxy) is 1. The second-order valence-corrected chi connectivity index (χ2v) is 10.6. The van der Waals surface area contributed by atoms with Crippen LogP contribution in [-0.2, 0) is 4.74 Å². The summed E-state index contributed by atoms with van der Waals surface area (Å²) in [6, 6.07) is 0.610. The Labute approximate surface area is 86.1 Å². The lowest BCUT2D eigenvalue weighted by molar-refractivity contribution is -0.264. The molecule has 14 heavy (non-hydrogen) atoms. The minimum atomic E-state index is -4.92. The first-order valence-electron chi connectivity index (χ1n) is 4.14. The van der Waals surface area contributed by atoms with Crippen LogP contribution in [0.25, 0.3) is 0 Å². The molecule has 0 aliphatic carbocycles. The highest BCUT2D eigenvalue weighted by Crippen LogP contribution is 2.24. The van der Waals surface area contributed by atoms with Crippen molar-refractivity contribution in [1.82, 2.24) is 0 Å². The lowest BCUT2D eigenvalue weighted by Gasteiger charge is -2.15. The largest absolute Gasteiger partial charge is 0.445 e. The molecule has 0 aromatic rings. The van der Waals surface area contributed by atoms with Gasteiger partial charge in [0.05, 0.1) is 6.61 Å². The fourth-order valence-corrected chi connectivity index (χ4v) is 2.16. The van der Waals surface area contributed by atoms with E-state index in [4.69, 9.17) is 11.1 Å². The van der Waals surface area contributed by atoms with Crippen LogP contribution in [0.4, 0.5) is 17.6 Å². The molecule has 1 atom stereocenters. The summed E-state index contributed by atoms with van der Waals surface area (Å²) in [5.74, 6) is 0. The number of rotatable bonds is 5. The Hall–Kier alpha value is 0.187. The van der Waals surface area contributed by atoms with Gasteiger partial charge < -0.3 is 4.74 Å². The maximum absolute atomic E-state index is 12.2. The van der Waals surface area contributed by atoms with Gasteiger partial charge in [-0.2, -0.15) is 24.3 Å². The first-order valence-corrected chi connectivity index (χ1v) is 8.36. The summed E-state index contributed by atoms with van der Waals surface area (Å²) in [4.78, 5) is 0. The van der Waals surface area contributed by atoms with Gasteiger partial charge in [0.2, 0.25) is 0 Å².